The highest BCUT2D eigenvalue weighted by atomic mass is 19.1. The van der Waals surface area contributed by atoms with Gasteiger partial charge in [0, 0.05) is 23.9 Å². The normalized spacial score (nSPS) is 24.3. The molecule has 1 N–H and O–H groups in total. The second-order valence-corrected chi connectivity index (χ2v) is 5.06. The Morgan fingerprint density at radius 1 is 1.39 bits per heavy atom. The summed E-state index contributed by atoms with van der Waals surface area (Å²) >= 11 is 0. The minimum atomic E-state index is -0.614. The summed E-state index contributed by atoms with van der Waals surface area (Å²) in [5.74, 6) is -0.324. The average Bonchev–Trinajstić information content (AvgIpc) is 2.55. The maximum atomic E-state index is 13.0. The van der Waals surface area contributed by atoms with Crippen LogP contribution in [0.1, 0.15) is 49.4 Å². The van der Waals surface area contributed by atoms with Crippen LogP contribution >= 0.6 is 0 Å². The third-order valence-electron chi connectivity index (χ3n) is 3.67. The quantitative estimate of drug-likeness (QED) is 0.647. The van der Waals surface area contributed by atoms with Crippen LogP contribution in [0.3, 0.4) is 0 Å². The summed E-state index contributed by atoms with van der Waals surface area (Å²) in [6.45, 7) is 2.17. The van der Waals surface area contributed by atoms with Gasteiger partial charge in [-0.3, -0.25) is 4.79 Å². The van der Waals surface area contributed by atoms with Gasteiger partial charge in [0.25, 0.3) is 5.91 Å². The molecule has 2 rings (SSSR count). The fraction of sp³-hybridized carbons (Fsp3) is 0.571. The van der Waals surface area contributed by atoms with Crippen molar-refractivity contribution in [2.45, 2.75) is 45.1 Å². The monoisotopic (exact) mass is 250 g/mol. The molecule has 0 aromatic carbocycles. The molecule has 1 amide bonds. The molecule has 0 aliphatic heterocycles. The van der Waals surface area contributed by atoms with Gasteiger partial charge >= 0.3 is 0 Å². The molecule has 1 saturated carbocycles. The van der Waals surface area contributed by atoms with E-state index in [4.69, 9.17) is 0 Å². The smallest absolute Gasteiger partial charge is 0.251 e. The topological polar surface area (TPSA) is 42.0 Å². The van der Waals surface area contributed by atoms with Crippen molar-refractivity contribution in [1.82, 2.24) is 10.3 Å². The van der Waals surface area contributed by atoms with E-state index in [-0.39, 0.29) is 11.9 Å². The molecule has 2 unspecified atom stereocenters. The van der Waals surface area contributed by atoms with Gasteiger partial charge in [0.1, 0.15) is 0 Å². The molecule has 18 heavy (non-hydrogen) atoms. The summed E-state index contributed by atoms with van der Waals surface area (Å²) in [6.07, 6.45) is 7.11. The van der Waals surface area contributed by atoms with Crippen molar-refractivity contribution < 1.29 is 9.18 Å². The first kappa shape index (κ1) is 13.0. The number of amides is 1. The molecule has 1 aliphatic rings. The highest BCUT2D eigenvalue weighted by Gasteiger charge is 2.22. The van der Waals surface area contributed by atoms with E-state index in [0.717, 1.165) is 19.3 Å². The zero-order valence-corrected chi connectivity index (χ0v) is 10.7. The van der Waals surface area contributed by atoms with Crippen LogP contribution in [-0.4, -0.2) is 16.9 Å². The molecule has 0 radical (unpaired) electrons. The van der Waals surface area contributed by atoms with Crippen molar-refractivity contribution in [1.29, 1.82) is 0 Å². The van der Waals surface area contributed by atoms with Crippen LogP contribution in [0.25, 0.3) is 0 Å². The summed E-state index contributed by atoms with van der Waals surface area (Å²) < 4.78 is 13.0. The number of pyridine rings is 1. The van der Waals surface area contributed by atoms with E-state index >= 15 is 0 Å². The lowest BCUT2D eigenvalue weighted by molar-refractivity contribution is 0.0921. The first-order valence-electron chi connectivity index (χ1n) is 6.59. The van der Waals surface area contributed by atoms with Gasteiger partial charge in [-0.05, 0) is 24.8 Å². The van der Waals surface area contributed by atoms with E-state index in [2.05, 4.69) is 17.2 Å². The number of rotatable bonds is 2. The lowest BCUT2D eigenvalue weighted by Gasteiger charge is -2.22. The zero-order valence-electron chi connectivity index (χ0n) is 10.7. The number of nitrogens with one attached hydrogen (secondary N) is 1. The molecule has 2 atom stereocenters. The highest BCUT2D eigenvalue weighted by molar-refractivity contribution is 5.94. The molecule has 98 valence electrons. The summed E-state index contributed by atoms with van der Waals surface area (Å²) in [5, 5.41) is 3.02. The van der Waals surface area contributed by atoms with Gasteiger partial charge < -0.3 is 5.32 Å². The molecule has 1 fully saturated rings. The van der Waals surface area contributed by atoms with Crippen LogP contribution in [0.4, 0.5) is 4.39 Å². The fourth-order valence-corrected chi connectivity index (χ4v) is 2.50. The second-order valence-electron chi connectivity index (χ2n) is 5.06. The Labute approximate surface area is 107 Å². The van der Waals surface area contributed by atoms with E-state index in [1.165, 1.54) is 25.1 Å². The number of hydrogen-bond acceptors (Lipinski definition) is 2. The Morgan fingerprint density at radius 2 is 2.17 bits per heavy atom. The molecule has 1 aromatic rings. The van der Waals surface area contributed by atoms with Gasteiger partial charge in [-0.15, -0.1) is 0 Å². The molecule has 4 heteroatoms. The lowest BCUT2D eigenvalue weighted by Crippen LogP contribution is -2.38. The van der Waals surface area contributed by atoms with Crippen molar-refractivity contribution in [3.05, 3.63) is 29.8 Å². The fourth-order valence-electron chi connectivity index (χ4n) is 2.50. The van der Waals surface area contributed by atoms with E-state index in [0.29, 0.717) is 11.5 Å². The molecule has 1 aromatic heterocycles. The molecular weight excluding hydrogens is 231 g/mol. The van der Waals surface area contributed by atoms with Crippen LogP contribution in [0.5, 0.6) is 0 Å². The van der Waals surface area contributed by atoms with Gasteiger partial charge in [-0.2, -0.15) is 4.39 Å². The van der Waals surface area contributed by atoms with E-state index < -0.39 is 5.95 Å². The van der Waals surface area contributed by atoms with Gasteiger partial charge in [0.2, 0.25) is 5.95 Å². The SMILES string of the molecule is CC1CCCCCC1NC(=O)c1ccnc(F)c1. The van der Waals surface area contributed by atoms with Crippen molar-refractivity contribution in [2.24, 2.45) is 5.92 Å². The van der Waals surface area contributed by atoms with Crippen LogP contribution in [0.15, 0.2) is 18.3 Å². The first-order chi connectivity index (χ1) is 8.66. The number of carbonyl (C=O) groups is 1. The van der Waals surface area contributed by atoms with E-state index in [9.17, 15) is 9.18 Å². The number of carbonyl (C=O) groups excluding carboxylic acids is 1. The molecular formula is C14H19FN2O. The summed E-state index contributed by atoms with van der Waals surface area (Å²) in [5.41, 5.74) is 0.346. The summed E-state index contributed by atoms with van der Waals surface area (Å²) in [4.78, 5) is 15.5. The minimum Gasteiger partial charge on any atom is -0.349 e. The van der Waals surface area contributed by atoms with Crippen LogP contribution in [-0.2, 0) is 0 Å². The zero-order chi connectivity index (χ0) is 13.0. The minimum absolute atomic E-state index is 0.199. The number of nitrogens with zero attached hydrogens (tertiary/aromatic N) is 1. The predicted octanol–water partition coefficient (Wildman–Crippen LogP) is 2.92. The van der Waals surface area contributed by atoms with Gasteiger partial charge in [-0.25, -0.2) is 4.98 Å². The van der Waals surface area contributed by atoms with E-state index in [1.54, 1.807) is 6.07 Å². The van der Waals surface area contributed by atoms with Crippen LogP contribution in [0.2, 0.25) is 0 Å². The standard InChI is InChI=1S/C14H19FN2O/c1-10-5-3-2-4-6-12(10)17-14(18)11-7-8-16-13(15)9-11/h7-10,12H,2-6H2,1H3,(H,17,18). The molecule has 0 spiro atoms. The Balaban J connectivity index is 2.01. The summed E-state index contributed by atoms with van der Waals surface area (Å²) in [6, 6.07) is 2.92. The van der Waals surface area contributed by atoms with Crippen molar-refractivity contribution in [3.8, 4) is 0 Å². The number of halogens is 1. The van der Waals surface area contributed by atoms with Gasteiger partial charge in [-0.1, -0.05) is 26.2 Å². The Morgan fingerprint density at radius 3 is 2.94 bits per heavy atom. The van der Waals surface area contributed by atoms with Gasteiger partial charge in [0.15, 0.2) is 0 Å². The second kappa shape index (κ2) is 5.94. The maximum absolute atomic E-state index is 13.0. The Kier molecular flexibility index (Phi) is 4.28. The average molecular weight is 250 g/mol. The highest BCUT2D eigenvalue weighted by Crippen LogP contribution is 2.23. The largest absolute Gasteiger partial charge is 0.349 e. The molecule has 1 heterocycles. The summed E-state index contributed by atoms with van der Waals surface area (Å²) in [7, 11) is 0. The molecule has 3 nitrogen and oxygen atoms in total. The predicted molar refractivity (Wildman–Crippen MR) is 67.7 cm³/mol. The van der Waals surface area contributed by atoms with Gasteiger partial charge in [0.05, 0.1) is 0 Å². The number of aromatic nitrogens is 1. The van der Waals surface area contributed by atoms with Crippen molar-refractivity contribution in [3.63, 3.8) is 0 Å². The number of hydrogen-bond donors (Lipinski definition) is 1. The third kappa shape index (κ3) is 3.28. The van der Waals surface area contributed by atoms with E-state index in [1.807, 2.05) is 0 Å². The van der Waals surface area contributed by atoms with Crippen LogP contribution < -0.4 is 5.32 Å². The Bertz CT molecular complexity index is 422. The third-order valence-corrected chi connectivity index (χ3v) is 3.67. The van der Waals surface area contributed by atoms with Crippen molar-refractivity contribution in [2.75, 3.05) is 0 Å². The van der Waals surface area contributed by atoms with Crippen LogP contribution in [0, 0.1) is 11.9 Å². The van der Waals surface area contributed by atoms with Crippen molar-refractivity contribution >= 4 is 5.91 Å². The lowest BCUT2D eigenvalue weighted by atomic mass is 9.96. The molecule has 0 bridgehead atoms. The maximum Gasteiger partial charge on any atom is 0.251 e. The molecule has 1 aliphatic carbocycles. The molecule has 0 saturated heterocycles. The first-order valence-corrected chi connectivity index (χ1v) is 6.59. The Hall–Kier alpha value is -1.45.